The van der Waals surface area contributed by atoms with E-state index in [0.717, 1.165) is 11.3 Å². The van der Waals surface area contributed by atoms with Crippen LogP contribution < -0.4 is 4.90 Å². The van der Waals surface area contributed by atoms with Crippen LogP contribution in [0.4, 0.5) is 5.69 Å². The Morgan fingerprint density at radius 1 is 1.32 bits per heavy atom. The molecule has 2 rings (SSSR count). The molecule has 1 aromatic carbocycles. The van der Waals surface area contributed by atoms with Crippen molar-refractivity contribution in [2.75, 3.05) is 11.9 Å². The number of anilines is 1. The zero-order chi connectivity index (χ0) is 13.8. The Morgan fingerprint density at radius 3 is 2.68 bits per heavy atom. The predicted octanol–water partition coefficient (Wildman–Crippen LogP) is 2.54. The Hall–Kier alpha value is -2.67. The molecule has 0 bridgehead atoms. The van der Waals surface area contributed by atoms with Crippen LogP contribution in [0, 0.1) is 18.3 Å². The summed E-state index contributed by atoms with van der Waals surface area (Å²) in [5, 5.41) is 8.68. The first kappa shape index (κ1) is 12.8. The number of carbonyl (C=O) groups is 1. The Bertz CT molecular complexity index is 641. The molecule has 0 atom stereocenters. The lowest BCUT2D eigenvalue weighted by Gasteiger charge is -2.17. The van der Waals surface area contributed by atoms with Gasteiger partial charge in [-0.2, -0.15) is 5.26 Å². The normalized spacial score (nSPS) is 9.74. The van der Waals surface area contributed by atoms with Crippen molar-refractivity contribution in [3.63, 3.8) is 0 Å². The number of hydrogen-bond donors (Lipinski definition) is 0. The highest BCUT2D eigenvalue weighted by Crippen LogP contribution is 2.16. The fourth-order valence-corrected chi connectivity index (χ4v) is 1.73. The van der Waals surface area contributed by atoms with Crippen molar-refractivity contribution < 1.29 is 4.79 Å². The van der Waals surface area contributed by atoms with E-state index in [-0.39, 0.29) is 5.91 Å². The Labute approximate surface area is 111 Å². The molecule has 0 fully saturated rings. The molecule has 1 amide bonds. The van der Waals surface area contributed by atoms with Crippen molar-refractivity contribution in [1.82, 2.24) is 4.98 Å². The Balaban J connectivity index is 2.26. The van der Waals surface area contributed by atoms with E-state index in [1.807, 2.05) is 37.3 Å². The maximum absolute atomic E-state index is 12.3. The molecule has 0 saturated carbocycles. The highest BCUT2D eigenvalue weighted by Gasteiger charge is 2.13. The number of nitrogens with zero attached hydrogens (tertiary/aromatic N) is 3. The summed E-state index contributed by atoms with van der Waals surface area (Å²) in [7, 11) is 1.72. The Morgan fingerprint density at radius 2 is 2.11 bits per heavy atom. The van der Waals surface area contributed by atoms with Crippen LogP contribution in [0.2, 0.25) is 0 Å². The predicted molar refractivity (Wildman–Crippen MR) is 72.9 cm³/mol. The zero-order valence-electron chi connectivity index (χ0n) is 10.8. The van der Waals surface area contributed by atoms with Crippen LogP contribution >= 0.6 is 0 Å². The smallest absolute Gasteiger partial charge is 0.259 e. The topological polar surface area (TPSA) is 57.0 Å². The van der Waals surface area contributed by atoms with Crippen molar-refractivity contribution in [3.05, 3.63) is 59.4 Å². The molecule has 94 valence electrons. The number of pyridine rings is 1. The van der Waals surface area contributed by atoms with Gasteiger partial charge in [0.25, 0.3) is 5.91 Å². The molecule has 0 unspecified atom stereocenters. The molecular formula is C15H13N3O. The second-order valence-electron chi connectivity index (χ2n) is 4.25. The van der Waals surface area contributed by atoms with Crippen molar-refractivity contribution in [2.24, 2.45) is 0 Å². The van der Waals surface area contributed by atoms with Crippen molar-refractivity contribution >= 4 is 11.6 Å². The summed E-state index contributed by atoms with van der Waals surface area (Å²) in [6.07, 6.45) is 1.42. The molecular weight excluding hydrogens is 238 g/mol. The monoisotopic (exact) mass is 251 g/mol. The molecule has 0 aliphatic rings. The first-order chi connectivity index (χ1) is 9.11. The van der Waals surface area contributed by atoms with Gasteiger partial charge in [0.2, 0.25) is 0 Å². The molecule has 4 heteroatoms. The van der Waals surface area contributed by atoms with E-state index in [0.29, 0.717) is 11.3 Å². The van der Waals surface area contributed by atoms with Crippen LogP contribution in [-0.4, -0.2) is 17.9 Å². The van der Waals surface area contributed by atoms with Gasteiger partial charge in [-0.15, -0.1) is 0 Å². The SMILES string of the molecule is Cc1cccc(N(C)C(=O)c2ccc(C#N)nc2)c1. The lowest BCUT2D eigenvalue weighted by Crippen LogP contribution is -2.26. The van der Waals surface area contributed by atoms with Crippen molar-refractivity contribution in [2.45, 2.75) is 6.92 Å². The van der Waals surface area contributed by atoms with E-state index in [2.05, 4.69) is 4.98 Å². The quantitative estimate of drug-likeness (QED) is 0.824. The summed E-state index contributed by atoms with van der Waals surface area (Å²) in [6.45, 7) is 1.98. The average molecular weight is 251 g/mol. The van der Waals surface area contributed by atoms with Gasteiger partial charge in [-0.25, -0.2) is 4.98 Å². The van der Waals surface area contributed by atoms with E-state index >= 15 is 0 Å². The summed E-state index contributed by atoms with van der Waals surface area (Å²) in [6, 6.07) is 12.8. The molecule has 1 heterocycles. The second-order valence-corrected chi connectivity index (χ2v) is 4.25. The van der Waals surface area contributed by atoms with Gasteiger partial charge in [0.05, 0.1) is 5.56 Å². The van der Waals surface area contributed by atoms with E-state index in [9.17, 15) is 4.79 Å². The lowest BCUT2D eigenvalue weighted by molar-refractivity contribution is 0.0992. The average Bonchev–Trinajstić information content (AvgIpc) is 2.46. The third-order valence-corrected chi connectivity index (χ3v) is 2.82. The molecule has 0 spiro atoms. The summed E-state index contributed by atoms with van der Waals surface area (Å²) < 4.78 is 0. The number of carbonyl (C=O) groups excluding carboxylic acids is 1. The summed E-state index contributed by atoms with van der Waals surface area (Å²) in [4.78, 5) is 17.7. The van der Waals surface area contributed by atoms with E-state index in [1.165, 1.54) is 12.3 Å². The van der Waals surface area contributed by atoms with Crippen LogP contribution in [0.5, 0.6) is 0 Å². The second kappa shape index (κ2) is 5.32. The molecule has 0 aliphatic carbocycles. The van der Waals surface area contributed by atoms with Gasteiger partial charge in [0.15, 0.2) is 0 Å². The number of hydrogen-bond acceptors (Lipinski definition) is 3. The molecule has 4 nitrogen and oxygen atoms in total. The first-order valence-electron chi connectivity index (χ1n) is 5.82. The van der Waals surface area contributed by atoms with Crippen molar-refractivity contribution in [3.8, 4) is 6.07 Å². The number of aryl methyl sites for hydroxylation is 1. The van der Waals surface area contributed by atoms with Gasteiger partial charge in [-0.3, -0.25) is 4.79 Å². The highest BCUT2D eigenvalue weighted by atomic mass is 16.2. The van der Waals surface area contributed by atoms with Gasteiger partial charge in [-0.05, 0) is 36.8 Å². The summed E-state index contributed by atoms with van der Waals surface area (Å²) in [5.41, 5.74) is 2.68. The summed E-state index contributed by atoms with van der Waals surface area (Å²) >= 11 is 0. The van der Waals surface area contributed by atoms with E-state index in [4.69, 9.17) is 5.26 Å². The molecule has 0 N–H and O–H groups in total. The number of amides is 1. The minimum atomic E-state index is -0.150. The molecule has 1 aromatic heterocycles. The van der Waals surface area contributed by atoms with E-state index in [1.54, 1.807) is 18.0 Å². The fraction of sp³-hybridized carbons (Fsp3) is 0.133. The van der Waals surface area contributed by atoms with Crippen LogP contribution in [-0.2, 0) is 0 Å². The summed E-state index contributed by atoms with van der Waals surface area (Å²) in [5.74, 6) is -0.150. The van der Waals surface area contributed by atoms with Gasteiger partial charge in [0, 0.05) is 18.9 Å². The maximum atomic E-state index is 12.3. The largest absolute Gasteiger partial charge is 0.311 e. The molecule has 19 heavy (non-hydrogen) atoms. The van der Waals surface area contributed by atoms with Gasteiger partial charge >= 0.3 is 0 Å². The fourth-order valence-electron chi connectivity index (χ4n) is 1.73. The molecule has 0 aliphatic heterocycles. The third-order valence-electron chi connectivity index (χ3n) is 2.82. The molecule has 2 aromatic rings. The van der Waals surface area contributed by atoms with Crippen molar-refractivity contribution in [1.29, 1.82) is 5.26 Å². The van der Waals surface area contributed by atoms with Crippen LogP contribution in [0.25, 0.3) is 0 Å². The maximum Gasteiger partial charge on any atom is 0.259 e. The Kier molecular flexibility index (Phi) is 3.58. The standard InChI is InChI=1S/C15H13N3O/c1-11-4-3-5-14(8-11)18(2)15(19)12-6-7-13(9-16)17-10-12/h3-8,10H,1-2H3. The first-order valence-corrected chi connectivity index (χ1v) is 5.82. The number of rotatable bonds is 2. The number of aromatic nitrogens is 1. The minimum Gasteiger partial charge on any atom is -0.311 e. The van der Waals surface area contributed by atoms with Crippen LogP contribution in [0.15, 0.2) is 42.6 Å². The molecule has 0 saturated heterocycles. The minimum absolute atomic E-state index is 0.150. The lowest BCUT2D eigenvalue weighted by atomic mass is 10.2. The van der Waals surface area contributed by atoms with Gasteiger partial charge < -0.3 is 4.90 Å². The highest BCUT2D eigenvalue weighted by molar-refractivity contribution is 6.05. The number of benzene rings is 1. The third kappa shape index (κ3) is 2.78. The van der Waals surface area contributed by atoms with Gasteiger partial charge in [0.1, 0.15) is 11.8 Å². The van der Waals surface area contributed by atoms with Crippen LogP contribution in [0.3, 0.4) is 0 Å². The zero-order valence-corrected chi connectivity index (χ0v) is 10.8. The van der Waals surface area contributed by atoms with E-state index < -0.39 is 0 Å². The molecule has 0 radical (unpaired) electrons. The van der Waals surface area contributed by atoms with Crippen LogP contribution in [0.1, 0.15) is 21.6 Å². The van der Waals surface area contributed by atoms with Gasteiger partial charge in [-0.1, -0.05) is 12.1 Å². The number of nitriles is 1.